The molecule has 1 N–H and O–H groups in total. The number of thioether (sulfide) groups is 1. The summed E-state index contributed by atoms with van der Waals surface area (Å²) >= 11 is 1.43. The maximum Gasteiger partial charge on any atom is 0.326 e. The van der Waals surface area contributed by atoms with E-state index in [1.165, 1.54) is 16.7 Å². The van der Waals surface area contributed by atoms with Crippen LogP contribution >= 0.6 is 11.8 Å². The third-order valence-electron chi connectivity index (χ3n) is 4.59. The van der Waals surface area contributed by atoms with Crippen molar-refractivity contribution in [3.05, 3.63) is 78.9 Å². The highest BCUT2D eigenvalue weighted by atomic mass is 32.2. The van der Waals surface area contributed by atoms with Crippen molar-refractivity contribution in [3.8, 4) is 11.5 Å². The Hall–Kier alpha value is -3.78. The van der Waals surface area contributed by atoms with Crippen molar-refractivity contribution in [3.63, 3.8) is 0 Å². The number of nitrogens with zero attached hydrogens (tertiary/aromatic N) is 1. The number of hydrogen-bond donors (Lipinski definition) is 1. The van der Waals surface area contributed by atoms with Crippen LogP contribution in [0, 0.1) is 0 Å². The molecule has 8 heteroatoms. The lowest BCUT2D eigenvalue weighted by Crippen LogP contribution is -2.40. The summed E-state index contributed by atoms with van der Waals surface area (Å²) in [6, 6.07) is 23.5. The van der Waals surface area contributed by atoms with Crippen LogP contribution in [0.15, 0.2) is 83.8 Å². The minimum Gasteiger partial charge on any atom is -0.455 e. The van der Waals surface area contributed by atoms with E-state index in [9.17, 15) is 14.4 Å². The number of amides is 2. The zero-order chi connectivity index (χ0) is 22.3. The minimum absolute atomic E-state index is 0.179. The Labute approximate surface area is 189 Å². The fraction of sp³-hybridized carbons (Fsp3) is 0.125. The third kappa shape index (κ3) is 5.28. The van der Waals surface area contributed by atoms with Gasteiger partial charge in [-0.2, -0.15) is 0 Å². The van der Waals surface area contributed by atoms with Crippen molar-refractivity contribution in [1.29, 1.82) is 0 Å². The number of ether oxygens (including phenoxy) is 2. The molecule has 1 aliphatic heterocycles. The first-order valence-corrected chi connectivity index (χ1v) is 10.9. The van der Waals surface area contributed by atoms with E-state index in [-0.39, 0.29) is 18.2 Å². The molecule has 1 aliphatic rings. The highest BCUT2D eigenvalue weighted by Gasteiger charge is 2.27. The van der Waals surface area contributed by atoms with Crippen LogP contribution in [-0.4, -0.2) is 36.7 Å². The number of benzene rings is 3. The predicted molar refractivity (Wildman–Crippen MR) is 122 cm³/mol. The Balaban J connectivity index is 1.33. The molecule has 162 valence electrons. The fourth-order valence-corrected chi connectivity index (χ4v) is 4.04. The van der Waals surface area contributed by atoms with E-state index < -0.39 is 18.5 Å². The molecular formula is C24H20N2O5S. The van der Waals surface area contributed by atoms with Gasteiger partial charge in [0.25, 0.3) is 5.91 Å². The molecule has 4 rings (SSSR count). The van der Waals surface area contributed by atoms with Crippen molar-refractivity contribution < 1.29 is 23.9 Å². The fourth-order valence-electron chi connectivity index (χ4n) is 3.11. The van der Waals surface area contributed by atoms with Crippen LogP contribution in [0.5, 0.6) is 11.5 Å². The lowest BCUT2D eigenvalue weighted by molar-refractivity contribution is -0.146. The topological polar surface area (TPSA) is 84.9 Å². The van der Waals surface area contributed by atoms with Gasteiger partial charge in [-0.1, -0.05) is 42.5 Å². The van der Waals surface area contributed by atoms with Crippen LogP contribution in [0.1, 0.15) is 0 Å². The Bertz CT molecular complexity index is 1140. The molecule has 1 heterocycles. The van der Waals surface area contributed by atoms with Gasteiger partial charge in [0, 0.05) is 4.90 Å². The molecule has 0 saturated carbocycles. The van der Waals surface area contributed by atoms with Crippen molar-refractivity contribution >= 4 is 40.9 Å². The number of anilines is 2. The number of fused-ring (bicyclic) bond motifs is 1. The Morgan fingerprint density at radius 1 is 0.938 bits per heavy atom. The second kappa shape index (κ2) is 10.0. The Morgan fingerprint density at radius 2 is 1.66 bits per heavy atom. The van der Waals surface area contributed by atoms with Crippen molar-refractivity contribution in [2.24, 2.45) is 0 Å². The predicted octanol–water partition coefficient (Wildman–Crippen LogP) is 4.10. The van der Waals surface area contributed by atoms with Crippen LogP contribution in [0.4, 0.5) is 11.4 Å². The lowest BCUT2D eigenvalue weighted by atomic mass is 10.2. The highest BCUT2D eigenvalue weighted by Crippen LogP contribution is 2.34. The quantitative estimate of drug-likeness (QED) is 0.548. The van der Waals surface area contributed by atoms with Crippen LogP contribution < -0.4 is 15.0 Å². The van der Waals surface area contributed by atoms with Gasteiger partial charge in [-0.3, -0.25) is 19.3 Å². The second-order valence-corrected chi connectivity index (χ2v) is 7.87. The summed E-state index contributed by atoms with van der Waals surface area (Å²) in [5.74, 6) is -0.00522. The molecule has 7 nitrogen and oxygen atoms in total. The van der Waals surface area contributed by atoms with Crippen LogP contribution in [0.2, 0.25) is 0 Å². The van der Waals surface area contributed by atoms with Crippen LogP contribution in [0.3, 0.4) is 0 Å². The third-order valence-corrected chi connectivity index (χ3v) is 5.64. The van der Waals surface area contributed by atoms with E-state index in [0.717, 1.165) is 4.90 Å². The van der Waals surface area contributed by atoms with Gasteiger partial charge in [-0.15, -0.1) is 11.8 Å². The molecule has 0 aliphatic carbocycles. The SMILES string of the molecule is O=C(COC(=O)CN1C(=O)CSc2ccccc21)Nc1ccccc1Oc1ccccc1. The van der Waals surface area contributed by atoms with Gasteiger partial charge in [-0.25, -0.2) is 0 Å². The number of carbonyl (C=O) groups is 3. The molecule has 0 radical (unpaired) electrons. The molecule has 0 unspecified atom stereocenters. The van der Waals surface area contributed by atoms with Gasteiger partial charge < -0.3 is 14.8 Å². The number of nitrogens with one attached hydrogen (secondary N) is 1. The minimum atomic E-state index is -0.663. The van der Waals surface area contributed by atoms with Crippen LogP contribution in [0.25, 0.3) is 0 Å². The molecule has 3 aromatic rings. The molecule has 32 heavy (non-hydrogen) atoms. The summed E-state index contributed by atoms with van der Waals surface area (Å²) < 4.78 is 10.9. The number of para-hydroxylation sites is 4. The molecule has 0 bridgehead atoms. The second-order valence-electron chi connectivity index (χ2n) is 6.86. The van der Waals surface area contributed by atoms with Crippen molar-refractivity contribution in [1.82, 2.24) is 0 Å². The van der Waals surface area contributed by atoms with Gasteiger partial charge in [0.2, 0.25) is 5.91 Å². The molecule has 0 atom stereocenters. The normalized spacial score (nSPS) is 12.6. The summed E-state index contributed by atoms with van der Waals surface area (Å²) in [5.41, 5.74) is 1.12. The first-order chi connectivity index (χ1) is 15.6. The van der Waals surface area contributed by atoms with Gasteiger partial charge in [0.1, 0.15) is 12.3 Å². The van der Waals surface area contributed by atoms with Gasteiger partial charge >= 0.3 is 5.97 Å². The average molecular weight is 449 g/mol. The van der Waals surface area contributed by atoms with E-state index >= 15 is 0 Å². The van der Waals surface area contributed by atoms with E-state index in [1.54, 1.807) is 48.5 Å². The number of rotatable bonds is 7. The number of esters is 1. The zero-order valence-corrected chi connectivity index (χ0v) is 17.8. The maximum absolute atomic E-state index is 12.3. The molecule has 0 aromatic heterocycles. The van der Waals surface area contributed by atoms with E-state index in [4.69, 9.17) is 9.47 Å². The summed E-state index contributed by atoms with van der Waals surface area (Å²) in [5, 5.41) is 2.69. The van der Waals surface area contributed by atoms with Gasteiger partial charge in [0.05, 0.1) is 17.1 Å². The average Bonchev–Trinajstić information content (AvgIpc) is 2.81. The van der Waals surface area contributed by atoms with Crippen molar-refractivity contribution in [2.75, 3.05) is 29.1 Å². The molecule has 0 saturated heterocycles. The summed E-state index contributed by atoms with van der Waals surface area (Å²) in [6.45, 7) is -0.728. The lowest BCUT2D eigenvalue weighted by Gasteiger charge is -2.27. The number of hydrogen-bond acceptors (Lipinski definition) is 6. The Kier molecular flexibility index (Phi) is 6.72. The summed E-state index contributed by atoms with van der Waals surface area (Å²) in [4.78, 5) is 39.2. The zero-order valence-electron chi connectivity index (χ0n) is 17.0. The van der Waals surface area contributed by atoms with Gasteiger partial charge in [0.15, 0.2) is 12.4 Å². The van der Waals surface area contributed by atoms with Gasteiger partial charge in [-0.05, 0) is 36.4 Å². The monoisotopic (exact) mass is 448 g/mol. The maximum atomic E-state index is 12.3. The first-order valence-electron chi connectivity index (χ1n) is 9.90. The first kappa shape index (κ1) is 21.5. The molecular weight excluding hydrogens is 428 g/mol. The Morgan fingerprint density at radius 3 is 2.50 bits per heavy atom. The molecule has 0 spiro atoms. The molecule has 2 amide bonds. The smallest absolute Gasteiger partial charge is 0.326 e. The van der Waals surface area contributed by atoms with Crippen molar-refractivity contribution in [2.45, 2.75) is 4.90 Å². The van der Waals surface area contributed by atoms with Crippen LogP contribution in [-0.2, 0) is 19.1 Å². The van der Waals surface area contributed by atoms with E-state index in [2.05, 4.69) is 5.32 Å². The summed E-state index contributed by atoms with van der Waals surface area (Å²) in [7, 11) is 0. The number of carbonyl (C=O) groups excluding carboxylic acids is 3. The highest BCUT2D eigenvalue weighted by molar-refractivity contribution is 8.00. The standard InChI is InChI=1S/C24H20N2O5S/c27-22(25-18-10-4-6-12-20(18)31-17-8-2-1-3-9-17)15-30-24(29)14-26-19-11-5-7-13-21(19)32-16-23(26)28/h1-13H,14-16H2,(H,25,27). The van der Waals surface area contributed by atoms with E-state index in [0.29, 0.717) is 22.9 Å². The molecule has 3 aromatic carbocycles. The summed E-state index contributed by atoms with van der Waals surface area (Å²) in [6.07, 6.45) is 0. The van der Waals surface area contributed by atoms with E-state index in [1.807, 2.05) is 30.3 Å². The molecule has 0 fully saturated rings. The largest absolute Gasteiger partial charge is 0.455 e.